The zero-order valence-corrected chi connectivity index (χ0v) is 16.4. The lowest BCUT2D eigenvalue weighted by atomic mass is 9.87. The number of hydrogen-bond acceptors (Lipinski definition) is 1. The summed E-state index contributed by atoms with van der Waals surface area (Å²) in [6, 6.07) is 15.9. The average Bonchev–Trinajstić information content (AvgIpc) is 2.62. The first-order chi connectivity index (χ1) is 13.4. The molecule has 1 aromatic heterocycles. The molecule has 2 aromatic carbocycles. The third kappa shape index (κ3) is 4.22. The molecule has 0 saturated carbocycles. The van der Waals surface area contributed by atoms with E-state index in [1.807, 2.05) is 37.4 Å². The highest BCUT2D eigenvalue weighted by molar-refractivity contribution is 5.74. The fourth-order valence-corrected chi connectivity index (χ4v) is 3.14. The summed E-state index contributed by atoms with van der Waals surface area (Å²) in [5, 5.41) is 0. The van der Waals surface area contributed by atoms with Gasteiger partial charge in [-0.2, -0.15) is 0 Å². The Labute approximate surface area is 162 Å². The lowest BCUT2D eigenvalue weighted by Gasteiger charge is -2.18. The minimum atomic E-state index is -2.17. The van der Waals surface area contributed by atoms with Crippen LogP contribution < -0.4 is 0 Å². The molecule has 1 heterocycles. The predicted molar refractivity (Wildman–Crippen MR) is 112 cm³/mol. The van der Waals surface area contributed by atoms with E-state index < -0.39 is 6.85 Å². The van der Waals surface area contributed by atoms with Gasteiger partial charge < -0.3 is 0 Å². The molecule has 3 aromatic rings. The fourth-order valence-electron chi connectivity index (χ4n) is 3.14. The summed E-state index contributed by atoms with van der Waals surface area (Å²) in [6.07, 6.45) is 2.84. The molecule has 1 heteroatoms. The van der Waals surface area contributed by atoms with Crippen molar-refractivity contribution in [1.29, 1.82) is 0 Å². The summed E-state index contributed by atoms with van der Waals surface area (Å²) in [6.45, 7) is 8.57. The third-order valence-corrected chi connectivity index (χ3v) is 4.69. The molecule has 0 unspecified atom stereocenters. The minimum Gasteiger partial charge on any atom is -0.256 e. The van der Waals surface area contributed by atoms with E-state index in [9.17, 15) is 0 Å². The van der Waals surface area contributed by atoms with Crippen LogP contribution >= 0.6 is 0 Å². The van der Waals surface area contributed by atoms with Gasteiger partial charge in [-0.1, -0.05) is 57.2 Å². The van der Waals surface area contributed by atoms with Crippen LogP contribution in [-0.2, 0) is 6.42 Å². The quantitative estimate of drug-likeness (QED) is 0.501. The van der Waals surface area contributed by atoms with Gasteiger partial charge in [-0.3, -0.25) is 4.98 Å². The second-order valence-electron chi connectivity index (χ2n) is 8.35. The highest BCUT2D eigenvalue weighted by Crippen LogP contribution is 2.30. The first kappa shape index (κ1) is 14.7. The number of aromatic nitrogens is 1. The molecule has 3 rings (SSSR count). The Hall–Kier alpha value is -2.41. The SMILES string of the molecule is [2H]C([2H])([2H])c1ccc(-c2cc(C)c(C)cn2)cc1-c1ccc(CC(C)(C)C)cc1. The van der Waals surface area contributed by atoms with Gasteiger partial charge in [0.25, 0.3) is 0 Å². The number of aryl methyl sites for hydroxylation is 3. The molecule has 26 heavy (non-hydrogen) atoms. The molecular weight excluding hydrogens is 314 g/mol. The summed E-state index contributed by atoms with van der Waals surface area (Å²) in [7, 11) is 0. The van der Waals surface area contributed by atoms with Crippen LogP contribution in [0.2, 0.25) is 0 Å². The largest absolute Gasteiger partial charge is 0.256 e. The number of pyridine rings is 1. The van der Waals surface area contributed by atoms with Gasteiger partial charge in [0.1, 0.15) is 0 Å². The molecule has 0 bridgehead atoms. The van der Waals surface area contributed by atoms with Crippen molar-refractivity contribution in [3.63, 3.8) is 0 Å². The normalized spacial score (nSPS) is 13.8. The Morgan fingerprint density at radius 3 is 2.15 bits per heavy atom. The Kier molecular flexibility index (Phi) is 4.01. The molecule has 1 nitrogen and oxygen atoms in total. The topological polar surface area (TPSA) is 12.9 Å². The molecule has 0 fully saturated rings. The van der Waals surface area contributed by atoms with Gasteiger partial charge in [-0.05, 0) is 78.0 Å². The Morgan fingerprint density at radius 1 is 0.846 bits per heavy atom. The highest BCUT2D eigenvalue weighted by atomic mass is 14.7. The van der Waals surface area contributed by atoms with E-state index in [0.717, 1.165) is 34.4 Å². The average molecular weight is 347 g/mol. The van der Waals surface area contributed by atoms with E-state index in [-0.39, 0.29) is 5.41 Å². The fraction of sp³-hybridized carbons (Fsp3) is 0.320. The lowest BCUT2D eigenvalue weighted by molar-refractivity contribution is 0.411. The van der Waals surface area contributed by atoms with Crippen LogP contribution in [0.25, 0.3) is 22.4 Å². The molecule has 0 amide bonds. The van der Waals surface area contributed by atoms with E-state index in [1.165, 1.54) is 11.1 Å². The van der Waals surface area contributed by atoms with E-state index in [1.54, 1.807) is 6.07 Å². The van der Waals surface area contributed by atoms with E-state index >= 15 is 0 Å². The second kappa shape index (κ2) is 7.07. The van der Waals surface area contributed by atoms with Gasteiger partial charge in [0.2, 0.25) is 0 Å². The van der Waals surface area contributed by atoms with Crippen LogP contribution in [0.15, 0.2) is 54.7 Å². The van der Waals surface area contributed by atoms with E-state index in [4.69, 9.17) is 4.11 Å². The Morgan fingerprint density at radius 2 is 1.54 bits per heavy atom. The van der Waals surface area contributed by atoms with Crippen molar-refractivity contribution in [2.75, 3.05) is 0 Å². The molecule has 0 spiro atoms. The van der Waals surface area contributed by atoms with Gasteiger partial charge in [-0.15, -0.1) is 0 Å². The van der Waals surface area contributed by atoms with Crippen molar-refractivity contribution in [3.8, 4) is 22.4 Å². The molecule has 0 aliphatic heterocycles. The van der Waals surface area contributed by atoms with Crippen LogP contribution in [0.1, 0.15) is 47.1 Å². The molecule has 0 saturated heterocycles. The van der Waals surface area contributed by atoms with Crippen LogP contribution in [0, 0.1) is 26.1 Å². The molecular formula is C25H29N. The first-order valence-electron chi connectivity index (χ1n) is 10.6. The first-order valence-corrected chi connectivity index (χ1v) is 9.11. The van der Waals surface area contributed by atoms with Gasteiger partial charge in [0, 0.05) is 15.9 Å². The summed E-state index contributed by atoms with van der Waals surface area (Å²) in [4.78, 5) is 4.55. The van der Waals surface area contributed by atoms with E-state index in [2.05, 4.69) is 50.9 Å². The standard InChI is InChI=1S/C25H29N/c1-17-7-10-22(24-13-18(2)19(3)16-26-24)14-23(17)21-11-8-20(9-12-21)15-25(4,5)6/h7-14,16H,15H2,1-6H3/i1D3. The molecule has 0 N–H and O–H groups in total. The van der Waals surface area contributed by atoms with Crippen LogP contribution in [0.5, 0.6) is 0 Å². The molecule has 0 aliphatic rings. The maximum atomic E-state index is 7.98. The summed E-state index contributed by atoms with van der Waals surface area (Å²) >= 11 is 0. The lowest BCUT2D eigenvalue weighted by Crippen LogP contribution is -2.08. The van der Waals surface area contributed by atoms with Crippen molar-refractivity contribution in [2.45, 2.75) is 47.9 Å². The molecule has 0 aliphatic carbocycles. The van der Waals surface area contributed by atoms with Crippen LogP contribution in [0.4, 0.5) is 0 Å². The molecule has 134 valence electrons. The monoisotopic (exact) mass is 346 g/mol. The number of rotatable bonds is 3. The van der Waals surface area contributed by atoms with Gasteiger partial charge in [0.05, 0.1) is 5.69 Å². The van der Waals surface area contributed by atoms with Crippen molar-refractivity contribution < 1.29 is 4.11 Å². The van der Waals surface area contributed by atoms with Crippen molar-refractivity contribution in [2.24, 2.45) is 5.41 Å². The van der Waals surface area contributed by atoms with Gasteiger partial charge in [-0.25, -0.2) is 0 Å². The summed E-state index contributed by atoms with van der Waals surface area (Å²) < 4.78 is 23.9. The van der Waals surface area contributed by atoms with Gasteiger partial charge in [0.15, 0.2) is 0 Å². The second-order valence-corrected chi connectivity index (χ2v) is 8.35. The number of benzene rings is 2. The third-order valence-electron chi connectivity index (χ3n) is 4.69. The Bertz CT molecular complexity index is 1010. The van der Waals surface area contributed by atoms with E-state index in [0.29, 0.717) is 5.56 Å². The highest BCUT2D eigenvalue weighted by Gasteiger charge is 2.12. The van der Waals surface area contributed by atoms with Crippen molar-refractivity contribution in [1.82, 2.24) is 4.98 Å². The zero-order chi connectivity index (χ0) is 21.4. The zero-order valence-electron chi connectivity index (χ0n) is 19.4. The van der Waals surface area contributed by atoms with Crippen LogP contribution in [-0.4, -0.2) is 4.98 Å². The molecule has 0 atom stereocenters. The number of hydrogen-bond donors (Lipinski definition) is 0. The maximum Gasteiger partial charge on any atom is 0.0705 e. The maximum absolute atomic E-state index is 7.98. The van der Waals surface area contributed by atoms with Crippen LogP contribution in [0.3, 0.4) is 0 Å². The smallest absolute Gasteiger partial charge is 0.0705 e. The predicted octanol–water partition coefficient (Wildman–Crippen LogP) is 6.93. The van der Waals surface area contributed by atoms with Crippen molar-refractivity contribution in [3.05, 3.63) is 77.0 Å². The van der Waals surface area contributed by atoms with Gasteiger partial charge >= 0.3 is 0 Å². The Balaban J connectivity index is 2.08. The minimum absolute atomic E-state index is 0.209. The number of nitrogens with zero attached hydrogens (tertiary/aromatic N) is 1. The van der Waals surface area contributed by atoms with Crippen molar-refractivity contribution >= 4 is 0 Å². The summed E-state index contributed by atoms with van der Waals surface area (Å²) in [5.41, 5.74) is 7.58. The molecule has 0 radical (unpaired) electrons. The summed E-state index contributed by atoms with van der Waals surface area (Å²) in [5.74, 6) is 0.